The number of aliphatic hydroxyl groups is 1. The Labute approximate surface area is 202 Å². The van der Waals surface area contributed by atoms with Gasteiger partial charge in [-0.3, -0.25) is 4.90 Å². The third-order valence-corrected chi connectivity index (χ3v) is 7.57. The SMILES string of the molecule is CCCNc1ncc2c(-c3ccc([C@H](C)N4CCNCC4)cc3)cn(C3CCC(O)CC3)c2n1. The topological polar surface area (TPSA) is 78.2 Å². The van der Waals surface area contributed by atoms with E-state index in [9.17, 15) is 5.11 Å². The molecule has 1 aliphatic heterocycles. The first kappa shape index (κ1) is 23.3. The number of aromatic nitrogens is 3. The van der Waals surface area contributed by atoms with E-state index < -0.39 is 0 Å². The summed E-state index contributed by atoms with van der Waals surface area (Å²) in [5.41, 5.74) is 4.74. The first-order chi connectivity index (χ1) is 16.6. The molecule has 2 aromatic heterocycles. The van der Waals surface area contributed by atoms with E-state index in [0.29, 0.717) is 18.0 Å². The molecule has 1 saturated heterocycles. The Hall–Kier alpha value is -2.48. The summed E-state index contributed by atoms with van der Waals surface area (Å²) in [6.07, 6.45) is 8.77. The Bertz CT molecular complexity index is 1080. The van der Waals surface area contributed by atoms with E-state index in [-0.39, 0.29) is 6.10 Å². The second kappa shape index (κ2) is 10.4. The van der Waals surface area contributed by atoms with E-state index in [4.69, 9.17) is 4.98 Å². The molecule has 0 spiro atoms. The zero-order valence-corrected chi connectivity index (χ0v) is 20.5. The zero-order valence-electron chi connectivity index (χ0n) is 20.5. The second-order valence-electron chi connectivity index (χ2n) is 9.85. The van der Waals surface area contributed by atoms with E-state index in [2.05, 4.69) is 69.4 Å². The van der Waals surface area contributed by atoms with Crippen molar-refractivity contribution in [1.82, 2.24) is 24.8 Å². The third kappa shape index (κ3) is 4.83. The van der Waals surface area contributed by atoms with E-state index >= 15 is 0 Å². The van der Waals surface area contributed by atoms with E-state index in [1.54, 1.807) is 0 Å². The van der Waals surface area contributed by atoms with Gasteiger partial charge in [-0.15, -0.1) is 0 Å². The van der Waals surface area contributed by atoms with Crippen molar-refractivity contribution < 1.29 is 5.11 Å². The summed E-state index contributed by atoms with van der Waals surface area (Å²) < 4.78 is 2.34. The lowest BCUT2D eigenvalue weighted by Crippen LogP contribution is -2.44. The number of nitrogens with one attached hydrogen (secondary N) is 2. The van der Waals surface area contributed by atoms with Crippen LogP contribution in [0.2, 0.25) is 0 Å². The summed E-state index contributed by atoms with van der Waals surface area (Å²) in [6, 6.07) is 9.84. The Morgan fingerprint density at radius 2 is 1.85 bits per heavy atom. The van der Waals surface area contributed by atoms with Crippen LogP contribution in [-0.2, 0) is 0 Å². The van der Waals surface area contributed by atoms with Gasteiger partial charge in [0.15, 0.2) is 0 Å². The summed E-state index contributed by atoms with van der Waals surface area (Å²) in [7, 11) is 0. The molecule has 182 valence electrons. The molecule has 3 N–H and O–H groups in total. The van der Waals surface area contributed by atoms with Crippen molar-refractivity contribution in [2.24, 2.45) is 0 Å². The third-order valence-electron chi connectivity index (χ3n) is 7.57. The minimum absolute atomic E-state index is 0.167. The van der Waals surface area contributed by atoms with Crippen LogP contribution in [0.15, 0.2) is 36.7 Å². The molecule has 1 aliphatic carbocycles. The fourth-order valence-corrected chi connectivity index (χ4v) is 5.42. The fraction of sp³-hybridized carbons (Fsp3) is 0.556. The molecule has 5 rings (SSSR count). The smallest absolute Gasteiger partial charge is 0.224 e. The molecule has 3 aromatic rings. The first-order valence-electron chi connectivity index (χ1n) is 13.0. The van der Waals surface area contributed by atoms with Gasteiger partial charge in [-0.2, -0.15) is 4.98 Å². The van der Waals surface area contributed by atoms with Gasteiger partial charge in [0.1, 0.15) is 5.65 Å². The number of anilines is 1. The molecule has 0 bridgehead atoms. The minimum atomic E-state index is -0.167. The number of fused-ring (bicyclic) bond motifs is 1. The molecule has 2 aliphatic rings. The standard InChI is InChI=1S/C27H38N6O/c1-3-12-29-27-30-17-24-25(18-33(26(24)31-27)22-8-10-23(34)11-9-22)21-6-4-20(5-7-21)19(2)32-15-13-28-14-16-32/h4-7,17-19,22-23,28,34H,3,8-16H2,1-2H3,(H,29,30,31)/t19-,22?,23?/m0/s1. The van der Waals surface area contributed by atoms with Crippen molar-refractivity contribution in [2.75, 3.05) is 38.0 Å². The molecule has 3 heterocycles. The Balaban J connectivity index is 1.47. The largest absolute Gasteiger partial charge is 0.393 e. The van der Waals surface area contributed by atoms with Crippen molar-refractivity contribution in [3.8, 4) is 11.1 Å². The number of rotatable bonds is 7. The molecular formula is C27H38N6O. The van der Waals surface area contributed by atoms with Crippen LogP contribution in [0, 0.1) is 0 Å². The van der Waals surface area contributed by atoms with Crippen LogP contribution in [0.3, 0.4) is 0 Å². The maximum atomic E-state index is 10.0. The van der Waals surface area contributed by atoms with Crippen molar-refractivity contribution in [1.29, 1.82) is 0 Å². The van der Waals surface area contributed by atoms with Crippen LogP contribution >= 0.6 is 0 Å². The quantitative estimate of drug-likeness (QED) is 0.484. The number of hydrogen-bond donors (Lipinski definition) is 3. The highest BCUT2D eigenvalue weighted by molar-refractivity contribution is 5.94. The summed E-state index contributed by atoms with van der Waals surface area (Å²) in [5, 5.41) is 17.9. The van der Waals surface area contributed by atoms with Gasteiger partial charge in [0.2, 0.25) is 5.95 Å². The number of nitrogens with zero attached hydrogens (tertiary/aromatic N) is 4. The van der Waals surface area contributed by atoms with E-state index in [1.807, 2.05) is 6.20 Å². The number of aliphatic hydroxyl groups excluding tert-OH is 1. The monoisotopic (exact) mass is 462 g/mol. The fourth-order valence-electron chi connectivity index (χ4n) is 5.42. The molecule has 0 radical (unpaired) electrons. The van der Waals surface area contributed by atoms with Crippen LogP contribution in [0.4, 0.5) is 5.95 Å². The van der Waals surface area contributed by atoms with Crippen molar-refractivity contribution in [3.05, 3.63) is 42.2 Å². The summed E-state index contributed by atoms with van der Waals surface area (Å²) in [5.74, 6) is 0.691. The zero-order chi connectivity index (χ0) is 23.5. The van der Waals surface area contributed by atoms with Crippen LogP contribution in [-0.4, -0.2) is 63.4 Å². The molecule has 34 heavy (non-hydrogen) atoms. The minimum Gasteiger partial charge on any atom is -0.393 e. The van der Waals surface area contributed by atoms with Crippen LogP contribution in [0.1, 0.15) is 63.6 Å². The van der Waals surface area contributed by atoms with Gasteiger partial charge in [-0.1, -0.05) is 31.2 Å². The molecule has 0 amide bonds. The van der Waals surface area contributed by atoms with Crippen LogP contribution in [0.25, 0.3) is 22.2 Å². The Kier molecular flexibility index (Phi) is 7.13. The summed E-state index contributed by atoms with van der Waals surface area (Å²) in [4.78, 5) is 12.1. The van der Waals surface area contributed by atoms with Crippen LogP contribution in [0.5, 0.6) is 0 Å². The molecule has 7 nitrogen and oxygen atoms in total. The summed E-state index contributed by atoms with van der Waals surface area (Å²) >= 11 is 0. The van der Waals surface area contributed by atoms with Gasteiger partial charge in [0.25, 0.3) is 0 Å². The molecule has 2 fully saturated rings. The van der Waals surface area contributed by atoms with Crippen molar-refractivity contribution in [2.45, 2.75) is 64.1 Å². The number of benzene rings is 1. The normalized spacial score (nSPS) is 22.7. The van der Waals surface area contributed by atoms with Gasteiger partial charge in [0.05, 0.1) is 6.10 Å². The van der Waals surface area contributed by atoms with Gasteiger partial charge in [0, 0.05) is 68.2 Å². The number of hydrogen-bond acceptors (Lipinski definition) is 6. The Morgan fingerprint density at radius 3 is 2.56 bits per heavy atom. The number of piperazine rings is 1. The second-order valence-corrected chi connectivity index (χ2v) is 9.85. The van der Waals surface area contributed by atoms with Gasteiger partial charge < -0.3 is 20.3 Å². The van der Waals surface area contributed by atoms with Gasteiger partial charge >= 0.3 is 0 Å². The highest BCUT2D eigenvalue weighted by Gasteiger charge is 2.24. The molecule has 0 unspecified atom stereocenters. The van der Waals surface area contributed by atoms with Gasteiger partial charge in [-0.05, 0) is 50.2 Å². The van der Waals surface area contributed by atoms with E-state index in [1.165, 1.54) is 16.7 Å². The van der Waals surface area contributed by atoms with Crippen LogP contribution < -0.4 is 10.6 Å². The average molecular weight is 463 g/mol. The van der Waals surface area contributed by atoms with Crippen molar-refractivity contribution >= 4 is 17.0 Å². The lowest BCUT2D eigenvalue weighted by molar-refractivity contribution is 0.111. The molecular weight excluding hydrogens is 424 g/mol. The van der Waals surface area contributed by atoms with E-state index in [0.717, 1.165) is 75.9 Å². The lowest BCUT2D eigenvalue weighted by atomic mass is 9.93. The predicted molar refractivity (Wildman–Crippen MR) is 138 cm³/mol. The highest BCUT2D eigenvalue weighted by Crippen LogP contribution is 2.37. The average Bonchev–Trinajstić information content (AvgIpc) is 3.27. The first-order valence-corrected chi connectivity index (χ1v) is 13.0. The highest BCUT2D eigenvalue weighted by atomic mass is 16.3. The molecule has 1 saturated carbocycles. The van der Waals surface area contributed by atoms with Gasteiger partial charge in [-0.25, -0.2) is 4.98 Å². The maximum absolute atomic E-state index is 10.0. The van der Waals surface area contributed by atoms with Crippen molar-refractivity contribution in [3.63, 3.8) is 0 Å². The maximum Gasteiger partial charge on any atom is 0.224 e. The predicted octanol–water partition coefficient (Wildman–Crippen LogP) is 4.36. The molecule has 1 atom stereocenters. The lowest BCUT2D eigenvalue weighted by Gasteiger charge is -2.33. The molecule has 7 heteroatoms. The Morgan fingerprint density at radius 1 is 1.12 bits per heavy atom. The summed E-state index contributed by atoms with van der Waals surface area (Å²) in [6.45, 7) is 9.64. The molecule has 1 aromatic carbocycles.